The van der Waals surface area contributed by atoms with Gasteiger partial charge in [-0.3, -0.25) is 0 Å². The smallest absolute Gasteiger partial charge is 0.205 e. The van der Waals surface area contributed by atoms with Gasteiger partial charge >= 0.3 is 10.0 Å². The molecule has 0 aromatic heterocycles. The summed E-state index contributed by atoms with van der Waals surface area (Å²) in [4.78, 5) is 0.314. The van der Waals surface area contributed by atoms with Crippen molar-refractivity contribution in [3.8, 4) is 0 Å². The second kappa shape index (κ2) is 5.74. The Bertz CT molecular complexity index is 1150. The summed E-state index contributed by atoms with van der Waals surface area (Å²) in [5, 5.41) is 4.07. The molecule has 2 N–H and O–H groups in total. The van der Waals surface area contributed by atoms with Crippen LogP contribution in [0, 0.1) is 0 Å². The van der Waals surface area contributed by atoms with Crippen LogP contribution in [0.5, 0.6) is 0 Å². The summed E-state index contributed by atoms with van der Waals surface area (Å²) < 4.78 is 26.8. The first-order chi connectivity index (χ1) is 11.6. The first-order valence-electron chi connectivity index (χ1n) is 7.69. The van der Waals surface area contributed by atoms with E-state index in [1.165, 1.54) is 4.72 Å². The van der Waals surface area contributed by atoms with Crippen molar-refractivity contribution in [2.24, 2.45) is 0 Å². The molecule has 0 atom stereocenters. The Balaban J connectivity index is 1.72. The van der Waals surface area contributed by atoms with Crippen molar-refractivity contribution in [1.82, 2.24) is 0 Å². The summed E-state index contributed by atoms with van der Waals surface area (Å²) in [6, 6.07) is 26.6. The van der Waals surface area contributed by atoms with Crippen LogP contribution in [0.2, 0.25) is 0 Å². The summed E-state index contributed by atoms with van der Waals surface area (Å²) in [5.41, 5.74) is 0.682. The van der Waals surface area contributed by atoms with Crippen molar-refractivity contribution in [1.29, 1.82) is 0 Å². The molecule has 0 amide bonds. The molecule has 0 spiro atoms. The number of fused-ring (bicyclic) bond motifs is 2. The zero-order chi connectivity index (χ0) is 16.6. The second-order valence-corrected chi connectivity index (χ2v) is 7.58. The molecular weight excluding hydrogens is 318 g/mol. The number of rotatable bonds is 3. The van der Waals surface area contributed by atoms with Gasteiger partial charge in [0.2, 0.25) is 0 Å². The third kappa shape index (κ3) is 2.77. The molecule has 0 aliphatic heterocycles. The van der Waals surface area contributed by atoms with Crippen LogP contribution in [0.25, 0.3) is 21.5 Å². The maximum absolute atomic E-state index is 12.7. The predicted molar refractivity (Wildman–Crippen MR) is 96.7 cm³/mol. The van der Waals surface area contributed by atoms with E-state index in [2.05, 4.69) is 0 Å². The quantitative estimate of drug-likeness (QED) is 0.582. The lowest BCUT2D eigenvalue weighted by atomic mass is 10.1. The summed E-state index contributed by atoms with van der Waals surface area (Å²) in [5.74, 6) is 0. The van der Waals surface area contributed by atoms with Crippen LogP contribution in [0.4, 0.5) is 5.69 Å². The van der Waals surface area contributed by atoms with Crippen LogP contribution >= 0.6 is 0 Å². The minimum atomic E-state index is -3.50. The Kier molecular flexibility index (Phi) is 3.56. The minimum Gasteiger partial charge on any atom is -0.205 e. The Morgan fingerprint density at radius 3 is 1.79 bits per heavy atom. The molecule has 4 aromatic rings. The molecular formula is C20H16NO2S+. The number of hydrogen-bond donors (Lipinski definition) is 1. The van der Waals surface area contributed by atoms with Crippen molar-refractivity contribution in [2.45, 2.75) is 4.90 Å². The maximum atomic E-state index is 12.7. The number of quaternary nitrogens is 1. The van der Waals surface area contributed by atoms with Gasteiger partial charge in [-0.25, -0.2) is 4.72 Å². The molecule has 4 aromatic carbocycles. The molecule has 0 bridgehead atoms. The third-order valence-electron chi connectivity index (χ3n) is 4.11. The van der Waals surface area contributed by atoms with Crippen LogP contribution in [-0.4, -0.2) is 8.42 Å². The summed E-state index contributed by atoms with van der Waals surface area (Å²) in [7, 11) is -3.50. The highest BCUT2D eigenvalue weighted by molar-refractivity contribution is 7.85. The standard InChI is InChI=1S/C20H15NO2S/c22-24(23,20-12-10-16-6-2-4-8-18(16)14-20)21-19-11-9-15-5-1-3-7-17(15)13-19/h1-14,21H/p+1. The van der Waals surface area contributed by atoms with Crippen LogP contribution < -0.4 is 4.72 Å². The summed E-state index contributed by atoms with van der Waals surface area (Å²) >= 11 is 0. The Hall–Kier alpha value is -2.69. The normalized spacial score (nSPS) is 11.8. The Labute approximate surface area is 140 Å². The molecule has 0 aliphatic rings. The van der Waals surface area contributed by atoms with Gasteiger partial charge in [-0.05, 0) is 39.7 Å². The molecule has 0 radical (unpaired) electrons. The molecule has 4 rings (SSSR count). The maximum Gasteiger partial charge on any atom is 0.328 e. The van der Waals surface area contributed by atoms with Gasteiger partial charge in [0.05, 0.1) is 0 Å². The van der Waals surface area contributed by atoms with Crippen molar-refractivity contribution >= 4 is 37.3 Å². The number of sulfonamides is 1. The molecule has 0 unspecified atom stereocenters. The van der Waals surface area contributed by atoms with Crippen LogP contribution in [0.15, 0.2) is 89.8 Å². The van der Waals surface area contributed by atoms with E-state index in [1.54, 1.807) is 12.1 Å². The highest BCUT2D eigenvalue weighted by Gasteiger charge is 2.19. The van der Waals surface area contributed by atoms with E-state index in [0.717, 1.165) is 21.5 Å². The first kappa shape index (κ1) is 14.9. The Morgan fingerprint density at radius 2 is 1.12 bits per heavy atom. The van der Waals surface area contributed by atoms with Crippen LogP contribution in [-0.2, 0) is 10.0 Å². The van der Waals surface area contributed by atoms with E-state index in [1.807, 2.05) is 72.8 Å². The number of nitrogens with two attached hydrogens (primary N) is 1. The van der Waals surface area contributed by atoms with E-state index in [-0.39, 0.29) is 0 Å². The van der Waals surface area contributed by atoms with Gasteiger partial charge < -0.3 is 0 Å². The van der Waals surface area contributed by atoms with E-state index < -0.39 is 10.0 Å². The topological polar surface area (TPSA) is 50.8 Å². The van der Waals surface area contributed by atoms with E-state index in [4.69, 9.17) is 0 Å². The zero-order valence-electron chi connectivity index (χ0n) is 12.9. The van der Waals surface area contributed by atoms with Gasteiger partial charge in [-0.2, -0.15) is 8.42 Å². The van der Waals surface area contributed by atoms with Crippen molar-refractivity contribution in [2.75, 3.05) is 0 Å². The van der Waals surface area contributed by atoms with Gasteiger partial charge in [0.15, 0.2) is 0 Å². The lowest BCUT2D eigenvalue weighted by Crippen LogP contribution is -2.81. The summed E-state index contributed by atoms with van der Waals surface area (Å²) in [6.07, 6.45) is 0. The van der Waals surface area contributed by atoms with E-state index in [0.29, 0.717) is 10.6 Å². The second-order valence-electron chi connectivity index (χ2n) is 5.78. The largest absolute Gasteiger partial charge is 0.328 e. The first-order valence-corrected chi connectivity index (χ1v) is 9.24. The molecule has 24 heavy (non-hydrogen) atoms. The molecule has 0 heterocycles. The zero-order valence-corrected chi connectivity index (χ0v) is 13.7. The molecule has 0 fully saturated rings. The van der Waals surface area contributed by atoms with Gasteiger partial charge in [-0.15, -0.1) is 0 Å². The molecule has 0 saturated carbocycles. The van der Waals surface area contributed by atoms with Crippen LogP contribution in [0.1, 0.15) is 0 Å². The highest BCUT2D eigenvalue weighted by Crippen LogP contribution is 2.19. The predicted octanol–water partition coefficient (Wildman–Crippen LogP) is 3.58. The van der Waals surface area contributed by atoms with E-state index >= 15 is 0 Å². The van der Waals surface area contributed by atoms with Gasteiger partial charge in [-0.1, -0.05) is 54.6 Å². The fraction of sp³-hybridized carbons (Fsp3) is 0. The average Bonchev–Trinajstić information content (AvgIpc) is 2.61. The lowest BCUT2D eigenvalue weighted by Gasteiger charge is -2.05. The van der Waals surface area contributed by atoms with Gasteiger partial charge in [0.25, 0.3) is 0 Å². The number of primary sulfonamides is 1. The van der Waals surface area contributed by atoms with Crippen molar-refractivity contribution in [3.05, 3.63) is 84.9 Å². The molecule has 4 heteroatoms. The minimum absolute atomic E-state index is 0.314. The molecule has 118 valence electrons. The molecule has 0 saturated heterocycles. The van der Waals surface area contributed by atoms with E-state index in [9.17, 15) is 8.42 Å². The van der Waals surface area contributed by atoms with Crippen LogP contribution in [0.3, 0.4) is 0 Å². The fourth-order valence-electron chi connectivity index (χ4n) is 2.87. The third-order valence-corrected chi connectivity index (χ3v) is 5.61. The van der Waals surface area contributed by atoms with Gasteiger partial charge in [0, 0.05) is 12.1 Å². The monoisotopic (exact) mass is 334 g/mol. The lowest BCUT2D eigenvalue weighted by molar-refractivity contribution is -0.397. The van der Waals surface area contributed by atoms with Crippen molar-refractivity contribution in [3.63, 3.8) is 0 Å². The number of hydrogen-bond acceptors (Lipinski definition) is 2. The summed E-state index contributed by atoms with van der Waals surface area (Å²) in [6.45, 7) is 0. The fourth-order valence-corrected chi connectivity index (χ4v) is 4.06. The highest BCUT2D eigenvalue weighted by atomic mass is 32.2. The number of benzene rings is 4. The van der Waals surface area contributed by atoms with Gasteiger partial charge in [0.1, 0.15) is 10.6 Å². The molecule has 0 aliphatic carbocycles. The molecule has 3 nitrogen and oxygen atoms in total. The SMILES string of the molecule is O=S(=O)([NH2+]c1ccc2ccccc2c1)c1ccc2ccccc2c1. The Morgan fingerprint density at radius 1 is 0.583 bits per heavy atom. The average molecular weight is 334 g/mol. The van der Waals surface area contributed by atoms with Crippen molar-refractivity contribution < 1.29 is 13.1 Å².